The van der Waals surface area contributed by atoms with Crippen LogP contribution in [0.3, 0.4) is 0 Å². The van der Waals surface area contributed by atoms with E-state index in [1.54, 1.807) is 18.2 Å². The number of halogens is 2. The molecule has 1 heterocycles. The molecule has 0 amide bonds. The molecule has 20 heavy (non-hydrogen) atoms. The first kappa shape index (κ1) is 14.7. The van der Waals surface area contributed by atoms with Gasteiger partial charge in [0.1, 0.15) is 5.75 Å². The van der Waals surface area contributed by atoms with E-state index in [9.17, 15) is 10.1 Å². The van der Waals surface area contributed by atoms with Gasteiger partial charge in [0.05, 0.1) is 4.92 Å². The fraction of sp³-hybridized carbons (Fsp3) is 0.154. The zero-order chi connectivity index (χ0) is 14.7. The van der Waals surface area contributed by atoms with Crippen LogP contribution in [0.5, 0.6) is 11.6 Å². The summed E-state index contributed by atoms with van der Waals surface area (Å²) in [7, 11) is 0. The van der Waals surface area contributed by atoms with Crippen molar-refractivity contribution >= 4 is 33.2 Å². The molecule has 0 aliphatic carbocycles. The standard InChI is InChI=1S/C13H10BrClN2O3/c1-2-8-5-10(3-4-11(8)15)20-13-12(17(18)19)6-9(14)7-16-13/h3-7H,2H2,1H3. The van der Waals surface area contributed by atoms with Gasteiger partial charge in [0.25, 0.3) is 5.88 Å². The third-order valence-corrected chi connectivity index (χ3v) is 3.41. The van der Waals surface area contributed by atoms with Crippen LogP contribution in [0.2, 0.25) is 5.02 Å². The number of nitro groups is 1. The Balaban J connectivity index is 2.37. The molecule has 5 nitrogen and oxygen atoms in total. The zero-order valence-electron chi connectivity index (χ0n) is 10.5. The van der Waals surface area contributed by atoms with Crippen molar-refractivity contribution in [3.8, 4) is 11.6 Å². The highest BCUT2D eigenvalue weighted by atomic mass is 79.9. The average Bonchev–Trinajstić information content (AvgIpc) is 2.42. The number of nitrogens with zero attached hydrogens (tertiary/aromatic N) is 2. The number of hydrogen-bond acceptors (Lipinski definition) is 4. The number of benzene rings is 1. The Hall–Kier alpha value is -1.66. The third-order valence-electron chi connectivity index (χ3n) is 2.61. The molecule has 104 valence electrons. The maximum Gasteiger partial charge on any atom is 0.332 e. The summed E-state index contributed by atoms with van der Waals surface area (Å²) in [5.41, 5.74) is 0.705. The predicted octanol–water partition coefficient (Wildman–Crippen LogP) is 4.76. The van der Waals surface area contributed by atoms with E-state index in [4.69, 9.17) is 16.3 Å². The summed E-state index contributed by atoms with van der Waals surface area (Å²) in [4.78, 5) is 14.4. The molecule has 0 aliphatic heterocycles. The van der Waals surface area contributed by atoms with Crippen LogP contribution < -0.4 is 4.74 Å². The van der Waals surface area contributed by atoms with Crippen molar-refractivity contribution < 1.29 is 9.66 Å². The van der Waals surface area contributed by atoms with Crippen molar-refractivity contribution in [1.82, 2.24) is 4.98 Å². The lowest BCUT2D eigenvalue weighted by molar-refractivity contribution is -0.386. The third kappa shape index (κ3) is 3.26. The highest BCUT2D eigenvalue weighted by Crippen LogP contribution is 2.32. The van der Waals surface area contributed by atoms with Crippen LogP contribution in [0, 0.1) is 10.1 Å². The molecule has 0 saturated carbocycles. The lowest BCUT2D eigenvalue weighted by Gasteiger charge is -2.08. The molecular formula is C13H10BrClN2O3. The van der Waals surface area contributed by atoms with Gasteiger partial charge in [0.2, 0.25) is 0 Å². The molecule has 0 aliphatic rings. The maximum atomic E-state index is 11.0. The summed E-state index contributed by atoms with van der Waals surface area (Å²) in [6.45, 7) is 1.96. The molecule has 0 fully saturated rings. The second kappa shape index (κ2) is 6.19. The normalized spacial score (nSPS) is 10.3. The molecule has 2 aromatic rings. The second-order valence-corrected chi connectivity index (χ2v) is 5.27. The van der Waals surface area contributed by atoms with Crippen molar-refractivity contribution in [3.05, 3.63) is 55.6 Å². The molecule has 0 radical (unpaired) electrons. The smallest absolute Gasteiger partial charge is 0.332 e. The van der Waals surface area contributed by atoms with Gasteiger partial charge < -0.3 is 4.74 Å². The molecule has 0 unspecified atom stereocenters. The van der Waals surface area contributed by atoms with Crippen LogP contribution in [-0.4, -0.2) is 9.91 Å². The molecule has 0 bridgehead atoms. The Labute approximate surface area is 128 Å². The van der Waals surface area contributed by atoms with Crippen molar-refractivity contribution in [2.75, 3.05) is 0 Å². The van der Waals surface area contributed by atoms with Crippen LogP contribution in [0.4, 0.5) is 5.69 Å². The maximum absolute atomic E-state index is 11.0. The van der Waals surface area contributed by atoms with Gasteiger partial charge >= 0.3 is 5.69 Å². The number of aryl methyl sites for hydroxylation is 1. The van der Waals surface area contributed by atoms with E-state index in [1.807, 2.05) is 6.92 Å². The van der Waals surface area contributed by atoms with E-state index in [1.165, 1.54) is 12.3 Å². The number of aromatic nitrogens is 1. The molecule has 1 aromatic carbocycles. The van der Waals surface area contributed by atoms with Crippen LogP contribution in [0.25, 0.3) is 0 Å². The number of ether oxygens (including phenoxy) is 1. The topological polar surface area (TPSA) is 65.3 Å². The monoisotopic (exact) mass is 356 g/mol. The van der Waals surface area contributed by atoms with E-state index < -0.39 is 4.92 Å². The van der Waals surface area contributed by atoms with Crippen LogP contribution in [-0.2, 0) is 6.42 Å². The molecule has 7 heteroatoms. The lowest BCUT2D eigenvalue weighted by Crippen LogP contribution is -1.96. The van der Waals surface area contributed by atoms with Crippen LogP contribution in [0.1, 0.15) is 12.5 Å². The first-order chi connectivity index (χ1) is 9.51. The van der Waals surface area contributed by atoms with Gasteiger partial charge in [-0.3, -0.25) is 10.1 Å². The fourth-order valence-electron chi connectivity index (χ4n) is 1.62. The predicted molar refractivity (Wildman–Crippen MR) is 79.5 cm³/mol. The molecule has 0 saturated heterocycles. The van der Waals surface area contributed by atoms with Crippen molar-refractivity contribution in [3.63, 3.8) is 0 Å². The molecule has 0 N–H and O–H groups in total. The number of rotatable bonds is 4. The van der Waals surface area contributed by atoms with Gasteiger partial charge in [0.15, 0.2) is 0 Å². The highest BCUT2D eigenvalue weighted by molar-refractivity contribution is 9.10. The summed E-state index contributed by atoms with van der Waals surface area (Å²) in [5.74, 6) is 0.409. The van der Waals surface area contributed by atoms with Gasteiger partial charge in [-0.2, -0.15) is 0 Å². The number of hydrogen-bond donors (Lipinski definition) is 0. The van der Waals surface area contributed by atoms with E-state index in [0.717, 1.165) is 12.0 Å². The summed E-state index contributed by atoms with van der Waals surface area (Å²) in [6.07, 6.45) is 2.19. The Morgan fingerprint density at radius 2 is 2.20 bits per heavy atom. The largest absolute Gasteiger partial charge is 0.434 e. The average molecular weight is 358 g/mol. The van der Waals surface area contributed by atoms with Crippen LogP contribution >= 0.6 is 27.5 Å². The van der Waals surface area contributed by atoms with E-state index >= 15 is 0 Å². The summed E-state index contributed by atoms with van der Waals surface area (Å²) in [6, 6.07) is 6.43. The van der Waals surface area contributed by atoms with Gasteiger partial charge in [-0.05, 0) is 46.1 Å². The van der Waals surface area contributed by atoms with Gasteiger partial charge in [0, 0.05) is 21.8 Å². The van der Waals surface area contributed by atoms with Crippen LogP contribution in [0.15, 0.2) is 34.9 Å². The fourth-order valence-corrected chi connectivity index (χ4v) is 2.19. The number of pyridine rings is 1. The van der Waals surface area contributed by atoms with Crippen molar-refractivity contribution in [2.45, 2.75) is 13.3 Å². The van der Waals surface area contributed by atoms with Crippen molar-refractivity contribution in [2.24, 2.45) is 0 Å². The first-order valence-electron chi connectivity index (χ1n) is 5.77. The van der Waals surface area contributed by atoms with Crippen molar-refractivity contribution in [1.29, 1.82) is 0 Å². The molecular weight excluding hydrogens is 348 g/mol. The molecule has 1 aromatic heterocycles. The second-order valence-electron chi connectivity index (χ2n) is 3.94. The Morgan fingerprint density at radius 3 is 2.85 bits per heavy atom. The quantitative estimate of drug-likeness (QED) is 0.584. The summed E-state index contributed by atoms with van der Waals surface area (Å²) in [5, 5.41) is 11.6. The Morgan fingerprint density at radius 1 is 1.45 bits per heavy atom. The lowest BCUT2D eigenvalue weighted by atomic mass is 10.1. The minimum atomic E-state index is -0.538. The zero-order valence-corrected chi connectivity index (χ0v) is 12.8. The van der Waals surface area contributed by atoms with E-state index in [2.05, 4.69) is 20.9 Å². The van der Waals surface area contributed by atoms with E-state index in [0.29, 0.717) is 15.2 Å². The highest BCUT2D eigenvalue weighted by Gasteiger charge is 2.18. The van der Waals surface area contributed by atoms with Gasteiger partial charge in [-0.1, -0.05) is 18.5 Å². The minimum absolute atomic E-state index is 0.0532. The SMILES string of the molecule is CCc1cc(Oc2ncc(Br)cc2[N+](=O)[O-])ccc1Cl. The van der Waals surface area contributed by atoms with E-state index in [-0.39, 0.29) is 11.6 Å². The summed E-state index contributed by atoms with van der Waals surface area (Å²) >= 11 is 9.16. The molecule has 2 rings (SSSR count). The van der Waals surface area contributed by atoms with Gasteiger partial charge in [-0.25, -0.2) is 4.98 Å². The Kier molecular flexibility index (Phi) is 4.57. The molecule has 0 atom stereocenters. The minimum Gasteiger partial charge on any atom is -0.434 e. The summed E-state index contributed by atoms with van der Waals surface area (Å²) < 4.78 is 6.01. The molecule has 0 spiro atoms. The Bertz CT molecular complexity index is 664. The van der Waals surface area contributed by atoms with Gasteiger partial charge in [-0.15, -0.1) is 0 Å². The first-order valence-corrected chi connectivity index (χ1v) is 6.94.